The van der Waals surface area contributed by atoms with Crippen LogP contribution in [0, 0.1) is 0 Å². The highest BCUT2D eigenvalue weighted by molar-refractivity contribution is 14.0. The molecule has 5 nitrogen and oxygen atoms in total. The number of halogens is 2. The Morgan fingerprint density at radius 2 is 1.96 bits per heavy atom. The van der Waals surface area contributed by atoms with Crippen molar-refractivity contribution in [3.63, 3.8) is 0 Å². The number of nitrogens with one attached hydrogen (secondary N) is 3. The number of carbonyl (C=O) groups excluding carboxylic acids is 1. The van der Waals surface area contributed by atoms with Crippen LogP contribution in [0.3, 0.4) is 0 Å². The topological polar surface area (TPSA) is 65.5 Å². The third kappa shape index (κ3) is 6.90. The number of hydrogen-bond donors (Lipinski definition) is 3. The minimum Gasteiger partial charge on any atom is -0.355 e. The molecule has 1 aromatic rings. The van der Waals surface area contributed by atoms with Crippen molar-refractivity contribution < 1.29 is 4.79 Å². The fraction of sp³-hybridized carbons (Fsp3) is 0.375. The summed E-state index contributed by atoms with van der Waals surface area (Å²) < 4.78 is 0.896. The molecule has 0 unspecified atom stereocenters. The Morgan fingerprint density at radius 3 is 2.61 bits per heavy atom. The Hall–Kier alpha value is -1.09. The SMILES string of the molecule is CN=C(NCCNC(=O)c1cccc(Br)c1)NC1CC=CC1.I. The van der Waals surface area contributed by atoms with Crippen LogP contribution in [0.1, 0.15) is 23.2 Å². The summed E-state index contributed by atoms with van der Waals surface area (Å²) in [6, 6.07) is 7.75. The second kappa shape index (κ2) is 10.6. The van der Waals surface area contributed by atoms with E-state index in [1.54, 1.807) is 19.2 Å². The number of nitrogens with zero attached hydrogens (tertiary/aromatic N) is 1. The predicted molar refractivity (Wildman–Crippen MR) is 109 cm³/mol. The van der Waals surface area contributed by atoms with Crippen LogP contribution in [0.15, 0.2) is 45.9 Å². The quantitative estimate of drug-likeness (QED) is 0.195. The van der Waals surface area contributed by atoms with Crippen LogP contribution in [-0.4, -0.2) is 38.0 Å². The molecule has 0 saturated carbocycles. The van der Waals surface area contributed by atoms with Gasteiger partial charge in [0.25, 0.3) is 5.91 Å². The van der Waals surface area contributed by atoms with E-state index in [2.05, 4.69) is 49.0 Å². The number of hydrogen-bond acceptors (Lipinski definition) is 2. The monoisotopic (exact) mass is 492 g/mol. The van der Waals surface area contributed by atoms with E-state index in [9.17, 15) is 4.79 Å². The van der Waals surface area contributed by atoms with Crippen LogP contribution < -0.4 is 16.0 Å². The Kier molecular flexibility index (Phi) is 9.23. The first kappa shape index (κ1) is 20.0. The van der Waals surface area contributed by atoms with Crippen LogP contribution >= 0.6 is 39.9 Å². The molecule has 0 atom stereocenters. The number of amides is 1. The van der Waals surface area contributed by atoms with Gasteiger partial charge in [-0.25, -0.2) is 0 Å². The van der Waals surface area contributed by atoms with Gasteiger partial charge in [0.2, 0.25) is 0 Å². The lowest BCUT2D eigenvalue weighted by molar-refractivity contribution is 0.0954. The molecule has 1 aliphatic rings. The third-order valence-electron chi connectivity index (χ3n) is 3.36. The Bertz CT molecular complexity index is 569. The van der Waals surface area contributed by atoms with Gasteiger partial charge in [-0.1, -0.05) is 34.1 Å². The Balaban J connectivity index is 0.00000264. The fourth-order valence-corrected chi connectivity index (χ4v) is 2.61. The van der Waals surface area contributed by atoms with E-state index in [4.69, 9.17) is 0 Å². The number of rotatable bonds is 5. The van der Waals surface area contributed by atoms with Crippen molar-refractivity contribution >= 4 is 51.8 Å². The van der Waals surface area contributed by atoms with Crippen LogP contribution in [0.2, 0.25) is 0 Å². The maximum Gasteiger partial charge on any atom is 0.251 e. The van der Waals surface area contributed by atoms with Crippen molar-refractivity contribution in [2.24, 2.45) is 4.99 Å². The summed E-state index contributed by atoms with van der Waals surface area (Å²) in [6.45, 7) is 1.16. The van der Waals surface area contributed by atoms with Gasteiger partial charge in [0.05, 0.1) is 0 Å². The van der Waals surface area contributed by atoms with Gasteiger partial charge in [0, 0.05) is 36.2 Å². The summed E-state index contributed by atoms with van der Waals surface area (Å²) in [6.07, 6.45) is 6.40. The van der Waals surface area contributed by atoms with E-state index in [0.717, 1.165) is 23.3 Å². The smallest absolute Gasteiger partial charge is 0.251 e. The molecule has 0 heterocycles. The molecule has 0 spiro atoms. The first-order chi connectivity index (χ1) is 10.7. The first-order valence-electron chi connectivity index (χ1n) is 7.35. The molecule has 1 aromatic carbocycles. The zero-order valence-corrected chi connectivity index (χ0v) is 16.9. The molecule has 1 amide bonds. The van der Waals surface area contributed by atoms with Gasteiger partial charge in [-0.05, 0) is 31.0 Å². The molecule has 0 fully saturated rings. The van der Waals surface area contributed by atoms with Gasteiger partial charge < -0.3 is 16.0 Å². The standard InChI is InChI=1S/C16H21BrN4O.HI/c1-18-16(21-14-7-2-3-8-14)20-10-9-19-15(22)12-5-4-6-13(17)11-12;/h2-6,11,14H,7-10H2,1H3,(H,19,22)(H2,18,20,21);1H. The molecule has 0 radical (unpaired) electrons. The van der Waals surface area contributed by atoms with Gasteiger partial charge in [-0.3, -0.25) is 9.79 Å². The van der Waals surface area contributed by atoms with E-state index < -0.39 is 0 Å². The molecule has 0 aromatic heterocycles. The Labute approximate surface area is 162 Å². The number of guanidine groups is 1. The second-order valence-corrected chi connectivity index (χ2v) is 5.96. The molecule has 0 aliphatic heterocycles. The van der Waals surface area contributed by atoms with Gasteiger partial charge in [-0.2, -0.15) is 0 Å². The van der Waals surface area contributed by atoms with E-state index in [1.165, 1.54) is 0 Å². The molecule has 1 aliphatic carbocycles. The molecular formula is C16H22BrIN4O. The normalized spacial score (nSPS) is 14.3. The molecule has 0 bridgehead atoms. The van der Waals surface area contributed by atoms with Crippen LogP contribution in [0.4, 0.5) is 0 Å². The lowest BCUT2D eigenvalue weighted by Crippen LogP contribution is -2.45. The second-order valence-electron chi connectivity index (χ2n) is 5.05. The van der Waals surface area contributed by atoms with E-state index in [0.29, 0.717) is 24.7 Å². The van der Waals surface area contributed by atoms with Crippen LogP contribution in [-0.2, 0) is 0 Å². The minimum atomic E-state index is -0.0777. The van der Waals surface area contributed by atoms with E-state index in [-0.39, 0.29) is 29.9 Å². The lowest BCUT2D eigenvalue weighted by Gasteiger charge is -2.17. The maximum atomic E-state index is 12.0. The van der Waals surface area contributed by atoms with E-state index in [1.807, 2.05) is 12.1 Å². The summed E-state index contributed by atoms with van der Waals surface area (Å²) >= 11 is 3.36. The summed E-state index contributed by atoms with van der Waals surface area (Å²) in [5.41, 5.74) is 0.647. The third-order valence-corrected chi connectivity index (χ3v) is 3.86. The molecule has 3 N–H and O–H groups in total. The number of carbonyl (C=O) groups is 1. The number of benzene rings is 1. The highest BCUT2D eigenvalue weighted by atomic mass is 127. The van der Waals surface area contributed by atoms with Crippen molar-refractivity contribution in [1.29, 1.82) is 0 Å². The lowest BCUT2D eigenvalue weighted by atomic mass is 10.2. The molecular weight excluding hydrogens is 471 g/mol. The summed E-state index contributed by atoms with van der Waals surface area (Å²) in [5.74, 6) is 0.691. The van der Waals surface area contributed by atoms with Crippen molar-refractivity contribution in [2.75, 3.05) is 20.1 Å². The van der Waals surface area contributed by atoms with Crippen molar-refractivity contribution in [2.45, 2.75) is 18.9 Å². The first-order valence-corrected chi connectivity index (χ1v) is 8.14. The highest BCUT2D eigenvalue weighted by Gasteiger charge is 2.11. The summed E-state index contributed by atoms with van der Waals surface area (Å²) in [7, 11) is 1.75. The van der Waals surface area contributed by atoms with Crippen LogP contribution in [0.25, 0.3) is 0 Å². The highest BCUT2D eigenvalue weighted by Crippen LogP contribution is 2.11. The molecule has 7 heteroatoms. The van der Waals surface area contributed by atoms with Gasteiger partial charge in [0.15, 0.2) is 5.96 Å². The summed E-state index contributed by atoms with van der Waals surface area (Å²) in [4.78, 5) is 16.2. The molecule has 0 saturated heterocycles. The van der Waals surface area contributed by atoms with Crippen molar-refractivity contribution in [1.82, 2.24) is 16.0 Å². The van der Waals surface area contributed by atoms with Crippen LogP contribution in [0.5, 0.6) is 0 Å². The predicted octanol–water partition coefficient (Wildman–Crippen LogP) is 2.68. The average Bonchev–Trinajstić information content (AvgIpc) is 3.03. The van der Waals surface area contributed by atoms with Gasteiger partial charge in [0.1, 0.15) is 0 Å². The minimum absolute atomic E-state index is 0. The van der Waals surface area contributed by atoms with E-state index >= 15 is 0 Å². The molecule has 2 rings (SSSR count). The molecule has 126 valence electrons. The fourth-order valence-electron chi connectivity index (χ4n) is 2.21. The van der Waals surface area contributed by atoms with Crippen molar-refractivity contribution in [3.8, 4) is 0 Å². The summed E-state index contributed by atoms with van der Waals surface area (Å²) in [5, 5.41) is 9.43. The Morgan fingerprint density at radius 1 is 1.26 bits per heavy atom. The average molecular weight is 493 g/mol. The number of aliphatic imine (C=N–C) groups is 1. The van der Waals surface area contributed by atoms with Gasteiger partial charge >= 0.3 is 0 Å². The largest absolute Gasteiger partial charge is 0.355 e. The van der Waals surface area contributed by atoms with Crippen molar-refractivity contribution in [3.05, 3.63) is 46.5 Å². The molecule has 23 heavy (non-hydrogen) atoms. The zero-order chi connectivity index (χ0) is 15.8. The zero-order valence-electron chi connectivity index (χ0n) is 13.0. The van der Waals surface area contributed by atoms with Gasteiger partial charge in [-0.15, -0.1) is 24.0 Å². The maximum absolute atomic E-state index is 12.0.